The summed E-state index contributed by atoms with van der Waals surface area (Å²) in [6.07, 6.45) is 0.941. The third-order valence-electron chi connectivity index (χ3n) is 4.36. The molecular formula is C17H23NO5. The van der Waals surface area contributed by atoms with Crippen molar-refractivity contribution >= 4 is 11.9 Å². The molecule has 2 rings (SSSR count). The summed E-state index contributed by atoms with van der Waals surface area (Å²) in [4.78, 5) is 25.1. The van der Waals surface area contributed by atoms with Gasteiger partial charge in [0.15, 0.2) is 11.5 Å². The molecular weight excluding hydrogens is 298 g/mol. The van der Waals surface area contributed by atoms with Gasteiger partial charge in [-0.25, -0.2) is 0 Å². The van der Waals surface area contributed by atoms with E-state index in [1.807, 2.05) is 25.1 Å². The van der Waals surface area contributed by atoms with Gasteiger partial charge in [0.25, 0.3) is 0 Å². The minimum atomic E-state index is -0.826. The smallest absolute Gasteiger partial charge is 0.308 e. The maximum atomic E-state index is 12.3. The highest BCUT2D eigenvalue weighted by Crippen LogP contribution is 2.28. The van der Waals surface area contributed by atoms with Gasteiger partial charge in [-0.05, 0) is 30.0 Å². The first kappa shape index (κ1) is 17.1. The lowest BCUT2D eigenvalue weighted by molar-refractivity contribution is -0.142. The van der Waals surface area contributed by atoms with Gasteiger partial charge in [0.05, 0.1) is 20.1 Å². The summed E-state index contributed by atoms with van der Waals surface area (Å²) in [5.74, 6) is -0.000865. The van der Waals surface area contributed by atoms with Gasteiger partial charge < -0.3 is 19.5 Å². The molecule has 2 atom stereocenters. The zero-order chi connectivity index (χ0) is 17.0. The fourth-order valence-electron chi connectivity index (χ4n) is 2.94. The number of hydrogen-bond donors (Lipinski definition) is 1. The first-order valence-corrected chi connectivity index (χ1v) is 7.67. The number of likely N-dealkylation sites (tertiary alicyclic amines) is 1. The molecule has 1 N–H and O–H groups in total. The summed E-state index contributed by atoms with van der Waals surface area (Å²) < 4.78 is 10.4. The number of ether oxygens (including phenoxy) is 2. The normalized spacial score (nSPS) is 20.4. The van der Waals surface area contributed by atoms with Crippen molar-refractivity contribution in [2.24, 2.45) is 11.8 Å². The molecule has 1 aliphatic heterocycles. The van der Waals surface area contributed by atoms with Crippen LogP contribution in [0, 0.1) is 11.8 Å². The third kappa shape index (κ3) is 3.94. The molecule has 6 nitrogen and oxygen atoms in total. The number of carboxylic acids is 1. The highest BCUT2D eigenvalue weighted by Gasteiger charge is 2.36. The minimum absolute atomic E-state index is 0.00229. The Kier molecular flexibility index (Phi) is 5.47. The SMILES string of the molecule is COc1ccc(CCC(=O)N2C[C@@H](C)[C@H](C(=O)O)C2)cc1OC. The minimum Gasteiger partial charge on any atom is -0.493 e. The maximum absolute atomic E-state index is 12.3. The van der Waals surface area contributed by atoms with Crippen LogP contribution in [0.2, 0.25) is 0 Å². The number of hydrogen-bond acceptors (Lipinski definition) is 4. The van der Waals surface area contributed by atoms with Crippen molar-refractivity contribution in [2.45, 2.75) is 19.8 Å². The number of carbonyl (C=O) groups is 2. The molecule has 0 unspecified atom stereocenters. The van der Waals surface area contributed by atoms with Crippen LogP contribution in [-0.2, 0) is 16.0 Å². The van der Waals surface area contributed by atoms with Crippen molar-refractivity contribution in [1.29, 1.82) is 0 Å². The first-order valence-electron chi connectivity index (χ1n) is 7.67. The Morgan fingerprint density at radius 3 is 2.48 bits per heavy atom. The van der Waals surface area contributed by atoms with Crippen LogP contribution in [-0.4, -0.2) is 49.2 Å². The molecule has 0 bridgehead atoms. The van der Waals surface area contributed by atoms with Crippen LogP contribution in [0.25, 0.3) is 0 Å². The number of nitrogens with zero attached hydrogens (tertiary/aromatic N) is 1. The van der Waals surface area contributed by atoms with Crippen molar-refractivity contribution in [3.05, 3.63) is 23.8 Å². The van der Waals surface area contributed by atoms with Crippen LogP contribution in [0.3, 0.4) is 0 Å². The average molecular weight is 321 g/mol. The molecule has 1 amide bonds. The number of carboxylic acid groups (broad SMARTS) is 1. The van der Waals surface area contributed by atoms with Crippen LogP contribution < -0.4 is 9.47 Å². The predicted octanol–water partition coefficient (Wildman–Crippen LogP) is 1.82. The van der Waals surface area contributed by atoms with Gasteiger partial charge in [-0.15, -0.1) is 0 Å². The summed E-state index contributed by atoms with van der Waals surface area (Å²) in [6, 6.07) is 5.58. The molecule has 1 fully saturated rings. The monoisotopic (exact) mass is 321 g/mol. The number of amides is 1. The number of aryl methyl sites for hydroxylation is 1. The van der Waals surface area contributed by atoms with Crippen LogP contribution >= 0.6 is 0 Å². The van der Waals surface area contributed by atoms with E-state index in [0.717, 1.165) is 5.56 Å². The first-order chi connectivity index (χ1) is 11.0. The number of rotatable bonds is 6. The zero-order valence-electron chi connectivity index (χ0n) is 13.7. The van der Waals surface area contributed by atoms with Gasteiger partial charge in [-0.2, -0.15) is 0 Å². The van der Waals surface area contributed by atoms with Gasteiger partial charge in [-0.1, -0.05) is 13.0 Å². The molecule has 0 spiro atoms. The number of benzene rings is 1. The standard InChI is InChI=1S/C17H23NO5/c1-11-9-18(10-13(11)17(20)21)16(19)7-5-12-4-6-14(22-2)15(8-12)23-3/h4,6,8,11,13H,5,7,9-10H2,1-3H3,(H,20,21)/t11-,13-/m1/s1. The second-order valence-electron chi connectivity index (χ2n) is 5.91. The molecule has 23 heavy (non-hydrogen) atoms. The van der Waals surface area contributed by atoms with Gasteiger partial charge in [0, 0.05) is 19.5 Å². The average Bonchev–Trinajstić information content (AvgIpc) is 2.94. The van der Waals surface area contributed by atoms with Crippen molar-refractivity contribution in [2.75, 3.05) is 27.3 Å². The fourth-order valence-corrected chi connectivity index (χ4v) is 2.94. The summed E-state index contributed by atoms with van der Waals surface area (Å²) in [5.41, 5.74) is 0.984. The van der Waals surface area contributed by atoms with E-state index in [1.165, 1.54) is 0 Å². The van der Waals surface area contributed by atoms with Crippen LogP contribution in [0.1, 0.15) is 18.9 Å². The van der Waals surface area contributed by atoms with E-state index < -0.39 is 11.9 Å². The highest BCUT2D eigenvalue weighted by molar-refractivity contribution is 5.79. The van der Waals surface area contributed by atoms with Gasteiger partial charge >= 0.3 is 5.97 Å². The number of aliphatic carboxylic acids is 1. The molecule has 1 saturated heterocycles. The van der Waals surface area contributed by atoms with E-state index in [-0.39, 0.29) is 11.8 Å². The summed E-state index contributed by atoms with van der Waals surface area (Å²) in [5, 5.41) is 9.13. The Labute approximate surface area is 136 Å². The summed E-state index contributed by atoms with van der Waals surface area (Å²) in [7, 11) is 3.15. The summed E-state index contributed by atoms with van der Waals surface area (Å²) >= 11 is 0. The molecule has 1 aromatic rings. The Morgan fingerprint density at radius 1 is 1.22 bits per heavy atom. The largest absolute Gasteiger partial charge is 0.493 e. The Hall–Kier alpha value is -2.24. The quantitative estimate of drug-likeness (QED) is 0.865. The highest BCUT2D eigenvalue weighted by atomic mass is 16.5. The van der Waals surface area contributed by atoms with Crippen LogP contribution in [0.15, 0.2) is 18.2 Å². The molecule has 1 heterocycles. The lowest BCUT2D eigenvalue weighted by atomic mass is 9.99. The van der Waals surface area contributed by atoms with E-state index in [2.05, 4.69) is 0 Å². The zero-order valence-corrected chi connectivity index (χ0v) is 13.7. The van der Waals surface area contributed by atoms with Gasteiger partial charge in [-0.3, -0.25) is 9.59 Å². The predicted molar refractivity (Wildman–Crippen MR) is 84.7 cm³/mol. The Morgan fingerprint density at radius 2 is 1.91 bits per heavy atom. The van der Waals surface area contributed by atoms with Crippen molar-refractivity contribution < 1.29 is 24.2 Å². The second-order valence-corrected chi connectivity index (χ2v) is 5.91. The lowest BCUT2D eigenvalue weighted by Gasteiger charge is -2.16. The van der Waals surface area contributed by atoms with E-state index in [9.17, 15) is 9.59 Å². The van der Waals surface area contributed by atoms with Crippen LogP contribution in [0.4, 0.5) is 0 Å². The van der Waals surface area contributed by atoms with Crippen LogP contribution in [0.5, 0.6) is 11.5 Å². The van der Waals surface area contributed by atoms with E-state index in [1.54, 1.807) is 19.1 Å². The van der Waals surface area contributed by atoms with Crippen molar-refractivity contribution in [3.8, 4) is 11.5 Å². The van der Waals surface area contributed by atoms with Crippen molar-refractivity contribution in [3.63, 3.8) is 0 Å². The van der Waals surface area contributed by atoms with Gasteiger partial charge in [0.2, 0.25) is 5.91 Å². The Balaban J connectivity index is 1.93. The number of carbonyl (C=O) groups excluding carboxylic acids is 1. The molecule has 0 radical (unpaired) electrons. The molecule has 0 saturated carbocycles. The molecule has 1 aliphatic rings. The van der Waals surface area contributed by atoms with E-state index >= 15 is 0 Å². The van der Waals surface area contributed by atoms with Crippen molar-refractivity contribution in [1.82, 2.24) is 4.90 Å². The third-order valence-corrected chi connectivity index (χ3v) is 4.36. The molecule has 1 aromatic carbocycles. The lowest BCUT2D eigenvalue weighted by Crippen LogP contribution is -2.30. The Bertz CT molecular complexity index is 586. The molecule has 126 valence electrons. The molecule has 0 aromatic heterocycles. The molecule has 0 aliphatic carbocycles. The van der Waals surface area contributed by atoms with Gasteiger partial charge in [0.1, 0.15) is 0 Å². The fraction of sp³-hybridized carbons (Fsp3) is 0.529. The molecule has 6 heteroatoms. The number of methoxy groups -OCH3 is 2. The van der Waals surface area contributed by atoms with E-state index in [0.29, 0.717) is 37.4 Å². The van der Waals surface area contributed by atoms with E-state index in [4.69, 9.17) is 14.6 Å². The topological polar surface area (TPSA) is 76.1 Å². The second kappa shape index (κ2) is 7.35. The summed E-state index contributed by atoms with van der Waals surface area (Å²) in [6.45, 7) is 2.70. The maximum Gasteiger partial charge on any atom is 0.308 e.